The zero-order valence-electron chi connectivity index (χ0n) is 10.2. The molecule has 0 radical (unpaired) electrons. The van der Waals surface area contributed by atoms with Crippen molar-refractivity contribution >= 4 is 21.8 Å². The van der Waals surface area contributed by atoms with Gasteiger partial charge in [-0.1, -0.05) is 28.1 Å². The molecule has 0 atom stereocenters. The number of carbonyl (C=O) groups is 1. The number of hydrogen-bond donors (Lipinski definition) is 0. The van der Waals surface area contributed by atoms with Crippen molar-refractivity contribution in [3.63, 3.8) is 0 Å². The molecule has 96 valence electrons. The average molecular weight is 310 g/mol. The molecule has 1 saturated carbocycles. The van der Waals surface area contributed by atoms with Crippen molar-refractivity contribution in [2.75, 3.05) is 25.0 Å². The maximum absolute atomic E-state index is 12.5. The summed E-state index contributed by atoms with van der Waals surface area (Å²) in [4.78, 5) is 14.4. The van der Waals surface area contributed by atoms with E-state index in [0.717, 1.165) is 11.9 Å². The summed E-state index contributed by atoms with van der Waals surface area (Å²) in [5.74, 6) is 0.823. The molecule has 0 N–H and O–H groups in total. The van der Waals surface area contributed by atoms with E-state index >= 15 is 0 Å². The van der Waals surface area contributed by atoms with E-state index in [1.807, 2.05) is 29.2 Å². The van der Waals surface area contributed by atoms with Gasteiger partial charge >= 0.3 is 0 Å². The lowest BCUT2D eigenvalue weighted by Crippen LogP contribution is -2.37. The average Bonchev–Trinajstić information content (AvgIpc) is 3.19. The van der Waals surface area contributed by atoms with Crippen LogP contribution in [0.2, 0.25) is 0 Å². The van der Waals surface area contributed by atoms with Crippen molar-refractivity contribution < 1.29 is 9.53 Å². The van der Waals surface area contributed by atoms with Crippen LogP contribution in [0.3, 0.4) is 0 Å². The normalized spacial score (nSPS) is 20.9. The molecule has 1 heterocycles. The fraction of sp³-hybridized carbons (Fsp3) is 0.500. The maximum atomic E-state index is 12.5. The number of benzene rings is 1. The highest BCUT2D eigenvalue weighted by Crippen LogP contribution is 2.48. The third-order valence-corrected chi connectivity index (χ3v) is 4.98. The molecule has 0 unspecified atom stereocenters. The standard InChI is InChI=1S/C14H16BrNO2/c15-9-14(5-6-14)10-16-7-8-18-12-4-2-1-3-11(12)13(16)17/h1-4H,5-10H2. The third kappa shape index (κ3) is 2.14. The number of carbonyl (C=O) groups excluding carboxylic acids is 1. The molecule has 2 aliphatic rings. The number of nitrogens with zero attached hydrogens (tertiary/aromatic N) is 1. The topological polar surface area (TPSA) is 29.5 Å². The molecule has 0 aromatic heterocycles. The molecule has 0 saturated heterocycles. The highest BCUT2D eigenvalue weighted by molar-refractivity contribution is 9.09. The Balaban J connectivity index is 1.83. The molecule has 0 spiro atoms. The van der Waals surface area contributed by atoms with Crippen molar-refractivity contribution in [1.29, 1.82) is 0 Å². The number of alkyl halides is 1. The first kappa shape index (κ1) is 12.0. The van der Waals surface area contributed by atoms with Gasteiger partial charge in [-0.3, -0.25) is 4.79 Å². The second kappa shape index (κ2) is 4.57. The van der Waals surface area contributed by atoms with E-state index in [1.54, 1.807) is 0 Å². The molecule has 18 heavy (non-hydrogen) atoms. The van der Waals surface area contributed by atoms with Gasteiger partial charge in [0.15, 0.2) is 0 Å². The van der Waals surface area contributed by atoms with Crippen molar-refractivity contribution in [1.82, 2.24) is 4.90 Å². The van der Waals surface area contributed by atoms with Crippen LogP contribution >= 0.6 is 15.9 Å². The summed E-state index contributed by atoms with van der Waals surface area (Å²) in [6, 6.07) is 7.52. The summed E-state index contributed by atoms with van der Waals surface area (Å²) >= 11 is 3.56. The third-order valence-electron chi connectivity index (χ3n) is 3.79. The summed E-state index contributed by atoms with van der Waals surface area (Å²) in [6.45, 7) is 2.11. The minimum absolute atomic E-state index is 0.107. The van der Waals surface area contributed by atoms with Crippen LogP contribution in [0.1, 0.15) is 23.2 Å². The van der Waals surface area contributed by atoms with Gasteiger partial charge in [-0.2, -0.15) is 0 Å². The quantitative estimate of drug-likeness (QED) is 0.803. The van der Waals surface area contributed by atoms with Gasteiger partial charge in [0, 0.05) is 11.9 Å². The first-order valence-electron chi connectivity index (χ1n) is 6.31. The molecule has 4 heteroatoms. The van der Waals surface area contributed by atoms with Crippen molar-refractivity contribution in [3.8, 4) is 5.75 Å². The molecule has 1 aromatic rings. The second-order valence-electron chi connectivity index (χ2n) is 5.20. The molecular weight excluding hydrogens is 294 g/mol. The van der Waals surface area contributed by atoms with Crippen LogP contribution in [0.25, 0.3) is 0 Å². The smallest absolute Gasteiger partial charge is 0.257 e. The summed E-state index contributed by atoms with van der Waals surface area (Å²) in [5, 5.41) is 0.978. The highest BCUT2D eigenvalue weighted by Gasteiger charge is 2.44. The SMILES string of the molecule is O=C1c2ccccc2OCCN1CC1(CBr)CC1. The van der Waals surface area contributed by atoms with Gasteiger partial charge in [-0.05, 0) is 30.4 Å². The summed E-state index contributed by atoms with van der Waals surface area (Å²) < 4.78 is 5.64. The van der Waals surface area contributed by atoms with Crippen molar-refractivity contribution in [3.05, 3.63) is 29.8 Å². The monoisotopic (exact) mass is 309 g/mol. The Kier molecular flexibility index (Phi) is 3.06. The first-order valence-corrected chi connectivity index (χ1v) is 7.43. The van der Waals surface area contributed by atoms with Crippen LogP contribution in [-0.2, 0) is 0 Å². The van der Waals surface area contributed by atoms with Crippen LogP contribution in [0.4, 0.5) is 0 Å². The summed E-state index contributed by atoms with van der Waals surface area (Å²) in [6.07, 6.45) is 2.43. The van der Waals surface area contributed by atoms with Gasteiger partial charge in [0.1, 0.15) is 12.4 Å². The lowest BCUT2D eigenvalue weighted by Gasteiger charge is -2.24. The van der Waals surface area contributed by atoms with E-state index in [1.165, 1.54) is 12.8 Å². The van der Waals surface area contributed by atoms with Gasteiger partial charge in [-0.25, -0.2) is 0 Å². The predicted octanol–water partition coefficient (Wildman–Crippen LogP) is 2.70. The number of halogens is 1. The van der Waals surface area contributed by atoms with Gasteiger partial charge in [-0.15, -0.1) is 0 Å². The van der Waals surface area contributed by atoms with Gasteiger partial charge in [0.2, 0.25) is 0 Å². The molecular formula is C14H16BrNO2. The fourth-order valence-corrected chi connectivity index (χ4v) is 3.11. The molecule has 1 aliphatic heterocycles. The minimum atomic E-state index is 0.107. The van der Waals surface area contributed by atoms with Crippen LogP contribution in [-0.4, -0.2) is 35.8 Å². The minimum Gasteiger partial charge on any atom is -0.491 e. The van der Waals surface area contributed by atoms with Crippen LogP contribution in [0.15, 0.2) is 24.3 Å². The van der Waals surface area contributed by atoms with Gasteiger partial charge in [0.05, 0.1) is 12.1 Å². The zero-order chi connectivity index (χ0) is 12.6. The number of para-hydroxylation sites is 1. The summed E-state index contributed by atoms with van der Waals surface area (Å²) in [5.41, 5.74) is 1.01. The Morgan fingerprint density at radius 2 is 2.11 bits per heavy atom. The van der Waals surface area contributed by atoms with Crippen LogP contribution < -0.4 is 4.74 Å². The van der Waals surface area contributed by atoms with Gasteiger partial charge in [0.25, 0.3) is 5.91 Å². The van der Waals surface area contributed by atoms with E-state index in [4.69, 9.17) is 4.74 Å². The number of fused-ring (bicyclic) bond motifs is 1. The van der Waals surface area contributed by atoms with Gasteiger partial charge < -0.3 is 9.64 Å². The molecule has 0 bridgehead atoms. The van der Waals surface area contributed by atoms with E-state index < -0.39 is 0 Å². The Bertz CT molecular complexity index is 471. The Hall–Kier alpha value is -1.03. The molecule has 1 aliphatic carbocycles. The van der Waals surface area contributed by atoms with Crippen LogP contribution in [0.5, 0.6) is 5.75 Å². The first-order chi connectivity index (χ1) is 8.74. The molecule has 1 amide bonds. The number of amides is 1. The highest BCUT2D eigenvalue weighted by atomic mass is 79.9. The lowest BCUT2D eigenvalue weighted by molar-refractivity contribution is 0.0725. The maximum Gasteiger partial charge on any atom is 0.257 e. The zero-order valence-corrected chi connectivity index (χ0v) is 11.8. The predicted molar refractivity (Wildman–Crippen MR) is 73.3 cm³/mol. The number of ether oxygens (including phenoxy) is 1. The second-order valence-corrected chi connectivity index (χ2v) is 5.77. The lowest BCUT2D eigenvalue weighted by atomic mass is 10.1. The van der Waals surface area contributed by atoms with Crippen LogP contribution in [0, 0.1) is 5.41 Å². The molecule has 3 rings (SSSR count). The van der Waals surface area contributed by atoms with E-state index in [-0.39, 0.29) is 5.91 Å². The van der Waals surface area contributed by atoms with E-state index in [0.29, 0.717) is 29.9 Å². The number of hydrogen-bond acceptors (Lipinski definition) is 2. The van der Waals surface area contributed by atoms with E-state index in [2.05, 4.69) is 15.9 Å². The molecule has 1 fully saturated rings. The fourth-order valence-electron chi connectivity index (χ4n) is 2.37. The molecule has 3 nitrogen and oxygen atoms in total. The number of rotatable bonds is 3. The van der Waals surface area contributed by atoms with Crippen molar-refractivity contribution in [2.45, 2.75) is 12.8 Å². The Morgan fingerprint density at radius 1 is 1.33 bits per heavy atom. The molecule has 1 aromatic carbocycles. The van der Waals surface area contributed by atoms with Crippen molar-refractivity contribution in [2.24, 2.45) is 5.41 Å². The van der Waals surface area contributed by atoms with E-state index in [9.17, 15) is 4.79 Å². The Morgan fingerprint density at radius 3 is 2.83 bits per heavy atom. The summed E-state index contributed by atoms with van der Waals surface area (Å²) in [7, 11) is 0. The Labute approximate surface area is 115 Å². The largest absolute Gasteiger partial charge is 0.491 e.